The van der Waals surface area contributed by atoms with E-state index in [4.69, 9.17) is 0 Å². The van der Waals surface area contributed by atoms with Crippen LogP contribution < -0.4 is 24.8 Å². The molecule has 1 aliphatic heterocycles. The van der Waals surface area contributed by atoms with E-state index >= 15 is 0 Å². The van der Waals surface area contributed by atoms with Crippen LogP contribution in [0.25, 0.3) is 34.4 Å². The molecule has 1 fully saturated rings. The monoisotopic (exact) mass is 724 g/mol. The summed E-state index contributed by atoms with van der Waals surface area (Å²) in [5.41, 5.74) is 18.2. The van der Waals surface area contributed by atoms with E-state index < -0.39 is 16.6 Å². The summed E-state index contributed by atoms with van der Waals surface area (Å²) in [6, 6.07) is 33.3. The van der Waals surface area contributed by atoms with Gasteiger partial charge in [0.2, 0.25) is 0 Å². The van der Waals surface area contributed by atoms with Gasteiger partial charge in [0, 0.05) is 0 Å². The Hall–Kier alpha value is -2.35. The van der Waals surface area contributed by atoms with Crippen molar-refractivity contribution in [3.8, 4) is 22.3 Å². The summed E-state index contributed by atoms with van der Waals surface area (Å²) < 4.78 is 4.09. The van der Waals surface area contributed by atoms with Gasteiger partial charge in [0.05, 0.1) is 0 Å². The van der Waals surface area contributed by atoms with Crippen LogP contribution in [-0.2, 0) is 16.6 Å². The second kappa shape index (κ2) is 13.7. The summed E-state index contributed by atoms with van der Waals surface area (Å²) in [6.45, 7) is 23.9. The van der Waals surface area contributed by atoms with Gasteiger partial charge in [0.1, 0.15) is 0 Å². The molecule has 2 aliphatic carbocycles. The molecule has 0 bridgehead atoms. The van der Waals surface area contributed by atoms with Gasteiger partial charge in [-0.25, -0.2) is 0 Å². The van der Waals surface area contributed by atoms with Gasteiger partial charge in [-0.3, -0.25) is 0 Å². The van der Waals surface area contributed by atoms with Gasteiger partial charge in [-0.1, -0.05) is 0 Å². The average molecular weight is 726 g/mol. The molecule has 2 atom stereocenters. The number of allylic oxidation sites excluding steroid dienone is 2. The van der Waals surface area contributed by atoms with Crippen molar-refractivity contribution in [1.82, 2.24) is 0 Å². The van der Waals surface area contributed by atoms with Crippen LogP contribution in [0.15, 0.2) is 96.1 Å². The fourth-order valence-electron chi connectivity index (χ4n) is 8.83. The summed E-state index contributed by atoms with van der Waals surface area (Å²) >= 11 is -2.58. The van der Waals surface area contributed by atoms with Crippen LogP contribution in [0.2, 0.25) is 9.45 Å². The summed E-state index contributed by atoms with van der Waals surface area (Å²) in [4.78, 5) is 0. The first-order chi connectivity index (χ1) is 22.2. The van der Waals surface area contributed by atoms with Gasteiger partial charge in [0.15, 0.2) is 0 Å². The second-order valence-electron chi connectivity index (χ2n) is 17.5. The molecule has 4 aromatic carbocycles. The zero-order valence-corrected chi connectivity index (χ0v) is 34.3. The largest absolute Gasteiger partial charge is 1.00 e. The van der Waals surface area contributed by atoms with Gasteiger partial charge < -0.3 is 24.8 Å². The van der Waals surface area contributed by atoms with Crippen LogP contribution in [0.4, 0.5) is 0 Å². The maximum atomic E-state index is 2.65. The van der Waals surface area contributed by atoms with Crippen LogP contribution in [0.3, 0.4) is 0 Å². The van der Waals surface area contributed by atoms with Crippen LogP contribution in [0, 0.1) is 10.8 Å². The Kier molecular flexibility index (Phi) is 10.6. The molecule has 1 heterocycles. The fourth-order valence-corrected chi connectivity index (χ4v) is 19.7. The quantitative estimate of drug-likeness (QED) is 0.177. The molecule has 2 unspecified atom stereocenters. The van der Waals surface area contributed by atoms with Crippen molar-refractivity contribution in [1.29, 1.82) is 0 Å². The SMILES string of the molecule is CC(C)c1ccc(-c2cccc3c2C=C(C(C)(C)C)[CH]3[Ti+2]2([CH]3C(C(C)(C)C)=Cc4c(-c5ccc(C(C)C)cc5)cccc43)[CH2][CH2]2)cc1.[Cl-].[Cl-]. The Morgan fingerprint density at radius 2 is 0.857 bits per heavy atom. The molecule has 3 aliphatic rings. The van der Waals surface area contributed by atoms with E-state index in [2.05, 4.69) is 166 Å². The van der Waals surface area contributed by atoms with E-state index in [0.29, 0.717) is 20.3 Å². The van der Waals surface area contributed by atoms with Crippen molar-refractivity contribution >= 4 is 12.2 Å². The molecule has 3 heteroatoms. The molecule has 0 saturated carbocycles. The molecular weight excluding hydrogens is 671 g/mol. The standard InChI is InChI=1S/2C22H25.C2H4.2ClH.Ti/c2*1-15(2)16-9-11-17(12-10-16)20-8-6-7-18-13-19(14-21(18)20)22(3,4)5;1-2;;;/h2*6-15H,1-5H3;1-2H2;2*1H;/q;;;;;+2/p-2. The Bertz CT molecular complexity index is 1750. The van der Waals surface area contributed by atoms with Gasteiger partial charge in [-0.15, -0.1) is 0 Å². The minimum atomic E-state index is -2.58. The molecule has 7 rings (SSSR count). The first-order valence-electron chi connectivity index (χ1n) is 18.1. The zero-order valence-electron chi connectivity index (χ0n) is 31.2. The van der Waals surface area contributed by atoms with Crippen molar-refractivity contribution in [2.24, 2.45) is 10.8 Å². The number of hydrogen-bond acceptors (Lipinski definition) is 0. The summed E-state index contributed by atoms with van der Waals surface area (Å²) in [5, 5.41) is 0. The maximum absolute atomic E-state index is 2.65. The van der Waals surface area contributed by atoms with Crippen molar-refractivity contribution in [2.45, 2.75) is 99.0 Å². The van der Waals surface area contributed by atoms with Gasteiger partial charge in [-0.05, 0) is 0 Å². The smallest absolute Gasteiger partial charge is 1.00 e. The first kappa shape index (κ1) is 37.9. The normalized spacial score (nSPS) is 18.4. The van der Waals surface area contributed by atoms with E-state index in [1.807, 2.05) is 0 Å². The first-order valence-corrected chi connectivity index (χ1v) is 22.1. The Balaban J connectivity index is 0.00000234. The van der Waals surface area contributed by atoms with Crippen molar-refractivity contribution in [3.63, 3.8) is 0 Å². The molecule has 0 spiro atoms. The molecular formula is C46H54Cl2Ti. The van der Waals surface area contributed by atoms with E-state index in [0.717, 1.165) is 0 Å². The minimum absolute atomic E-state index is 0. The average Bonchev–Trinajstić information content (AvgIpc) is 3.52. The van der Waals surface area contributed by atoms with E-state index in [-0.39, 0.29) is 35.6 Å². The predicted molar refractivity (Wildman–Crippen MR) is 202 cm³/mol. The number of halogens is 2. The molecule has 1 saturated heterocycles. The topological polar surface area (TPSA) is 0 Å². The number of fused-ring (bicyclic) bond motifs is 2. The molecule has 4 aromatic rings. The van der Waals surface area contributed by atoms with Crippen molar-refractivity contribution < 1.29 is 41.4 Å². The molecule has 0 radical (unpaired) electrons. The second-order valence-corrected chi connectivity index (χ2v) is 24.7. The summed E-state index contributed by atoms with van der Waals surface area (Å²) in [5.74, 6) is 1.09. The molecule has 0 N–H and O–H groups in total. The third kappa shape index (κ3) is 6.62. The molecule has 256 valence electrons. The third-order valence-corrected chi connectivity index (χ3v) is 19.7. The Morgan fingerprint density at radius 1 is 0.510 bits per heavy atom. The minimum Gasteiger partial charge on any atom is -1.00 e. The van der Waals surface area contributed by atoms with Crippen molar-refractivity contribution in [3.05, 3.63) is 129 Å². The number of rotatable bonds is 6. The number of hydrogen-bond donors (Lipinski definition) is 0. The Morgan fingerprint density at radius 3 is 1.14 bits per heavy atom. The van der Waals surface area contributed by atoms with Crippen LogP contribution in [0.5, 0.6) is 0 Å². The molecule has 0 aromatic heterocycles. The van der Waals surface area contributed by atoms with Crippen molar-refractivity contribution in [2.75, 3.05) is 0 Å². The Labute approximate surface area is 313 Å². The molecule has 0 amide bonds. The summed E-state index contributed by atoms with van der Waals surface area (Å²) in [7, 11) is 0. The van der Waals surface area contributed by atoms with Crippen LogP contribution in [0.1, 0.15) is 123 Å². The summed E-state index contributed by atoms with van der Waals surface area (Å²) in [6.07, 6.45) is 5.31. The van der Waals surface area contributed by atoms with Crippen LogP contribution >= 0.6 is 0 Å². The fraction of sp³-hybridized carbons (Fsp3) is 0.391. The predicted octanol–water partition coefficient (Wildman–Crippen LogP) is 7.95. The van der Waals surface area contributed by atoms with E-state index in [1.54, 1.807) is 22.3 Å². The molecule has 0 nitrogen and oxygen atoms in total. The maximum Gasteiger partial charge on any atom is -1.00 e. The van der Waals surface area contributed by atoms with Crippen LogP contribution in [-0.4, -0.2) is 0 Å². The number of benzene rings is 4. The molecule has 49 heavy (non-hydrogen) atoms. The zero-order chi connectivity index (χ0) is 33.5. The van der Waals surface area contributed by atoms with Gasteiger partial charge in [0.25, 0.3) is 0 Å². The van der Waals surface area contributed by atoms with E-state index in [9.17, 15) is 0 Å². The van der Waals surface area contributed by atoms with Gasteiger partial charge >= 0.3 is 290 Å². The van der Waals surface area contributed by atoms with E-state index in [1.165, 1.54) is 54.0 Å². The third-order valence-electron chi connectivity index (χ3n) is 11.6. The van der Waals surface area contributed by atoms with Gasteiger partial charge in [-0.2, -0.15) is 0 Å².